The van der Waals surface area contributed by atoms with Gasteiger partial charge >= 0.3 is 0 Å². The largest absolute Gasteiger partial charge is 0.494 e. The van der Waals surface area contributed by atoms with Gasteiger partial charge in [0.05, 0.1) is 6.61 Å². The van der Waals surface area contributed by atoms with E-state index in [9.17, 15) is 9.59 Å². The van der Waals surface area contributed by atoms with Gasteiger partial charge in [-0.2, -0.15) is 0 Å². The van der Waals surface area contributed by atoms with Gasteiger partial charge in [0.15, 0.2) is 0 Å². The first-order chi connectivity index (χ1) is 8.20. The summed E-state index contributed by atoms with van der Waals surface area (Å²) >= 11 is 0. The molecule has 0 saturated heterocycles. The maximum atomic E-state index is 11.7. The number of hydrogen-bond acceptors (Lipinski definition) is 3. The second-order valence-electron chi connectivity index (χ2n) is 4.03. The molecule has 4 heteroatoms. The molecule has 1 aromatic carbocycles. The van der Waals surface area contributed by atoms with Crippen LogP contribution in [0.2, 0.25) is 0 Å². The lowest BCUT2D eigenvalue weighted by Crippen LogP contribution is -2.32. The molecule has 90 valence electrons. The SMILES string of the molecule is CCOc1ccc(C(=O)C(=O)NC2CC2)cc1. The second-order valence-corrected chi connectivity index (χ2v) is 4.03. The maximum absolute atomic E-state index is 11.7. The Morgan fingerprint density at radius 3 is 2.47 bits per heavy atom. The van der Waals surface area contributed by atoms with Crippen LogP contribution in [0, 0.1) is 0 Å². The van der Waals surface area contributed by atoms with Crippen molar-refractivity contribution < 1.29 is 14.3 Å². The summed E-state index contributed by atoms with van der Waals surface area (Å²) < 4.78 is 5.26. The minimum atomic E-state index is -0.517. The number of nitrogens with one attached hydrogen (secondary N) is 1. The minimum absolute atomic E-state index is 0.203. The smallest absolute Gasteiger partial charge is 0.292 e. The van der Waals surface area contributed by atoms with E-state index in [-0.39, 0.29) is 6.04 Å². The molecular formula is C13H15NO3. The molecule has 0 aromatic heterocycles. The van der Waals surface area contributed by atoms with Crippen molar-refractivity contribution in [1.29, 1.82) is 0 Å². The molecule has 1 aliphatic rings. The Morgan fingerprint density at radius 1 is 1.29 bits per heavy atom. The van der Waals surface area contributed by atoms with E-state index in [0.29, 0.717) is 17.9 Å². The molecule has 17 heavy (non-hydrogen) atoms. The normalized spacial score (nSPS) is 14.2. The molecule has 4 nitrogen and oxygen atoms in total. The molecule has 0 aliphatic heterocycles. The van der Waals surface area contributed by atoms with Gasteiger partial charge in [0.2, 0.25) is 5.78 Å². The predicted molar refractivity (Wildman–Crippen MR) is 63.1 cm³/mol. The number of hydrogen-bond donors (Lipinski definition) is 1. The number of ketones is 1. The minimum Gasteiger partial charge on any atom is -0.494 e. The number of rotatable bonds is 5. The van der Waals surface area contributed by atoms with Crippen molar-refractivity contribution in [2.45, 2.75) is 25.8 Å². The summed E-state index contributed by atoms with van der Waals surface area (Å²) in [5.74, 6) is -0.303. The second kappa shape index (κ2) is 4.99. The zero-order valence-corrected chi connectivity index (χ0v) is 9.73. The molecule has 0 bridgehead atoms. The molecular weight excluding hydrogens is 218 g/mol. The summed E-state index contributed by atoms with van der Waals surface area (Å²) in [6, 6.07) is 6.82. The topological polar surface area (TPSA) is 55.4 Å². The van der Waals surface area contributed by atoms with Crippen LogP contribution in [-0.4, -0.2) is 24.3 Å². The summed E-state index contributed by atoms with van der Waals surface area (Å²) in [6.45, 7) is 2.47. The summed E-state index contributed by atoms with van der Waals surface area (Å²) in [4.78, 5) is 23.2. The van der Waals surface area contributed by atoms with Gasteiger partial charge in [0.1, 0.15) is 5.75 Å². The van der Waals surface area contributed by atoms with E-state index in [4.69, 9.17) is 4.74 Å². The van der Waals surface area contributed by atoms with Crippen molar-refractivity contribution in [3.63, 3.8) is 0 Å². The highest BCUT2D eigenvalue weighted by atomic mass is 16.5. The monoisotopic (exact) mass is 233 g/mol. The fourth-order valence-corrected chi connectivity index (χ4v) is 1.48. The third-order valence-corrected chi connectivity index (χ3v) is 2.55. The highest BCUT2D eigenvalue weighted by molar-refractivity contribution is 6.42. The summed E-state index contributed by atoms with van der Waals surface area (Å²) in [5, 5.41) is 2.67. The number of benzene rings is 1. The van der Waals surface area contributed by atoms with Gasteiger partial charge < -0.3 is 10.1 Å². The fourth-order valence-electron chi connectivity index (χ4n) is 1.48. The van der Waals surface area contributed by atoms with Crippen LogP contribution >= 0.6 is 0 Å². The van der Waals surface area contributed by atoms with E-state index >= 15 is 0 Å². The van der Waals surface area contributed by atoms with Crippen molar-refractivity contribution in [1.82, 2.24) is 5.32 Å². The number of Topliss-reactive ketones (excluding diaryl/α,β-unsaturated/α-hetero) is 1. The Hall–Kier alpha value is -1.84. The van der Waals surface area contributed by atoms with Gasteiger partial charge in [-0.25, -0.2) is 0 Å². The molecule has 1 fully saturated rings. The third-order valence-electron chi connectivity index (χ3n) is 2.55. The zero-order valence-electron chi connectivity index (χ0n) is 9.73. The van der Waals surface area contributed by atoms with Crippen molar-refractivity contribution in [2.75, 3.05) is 6.61 Å². The summed E-state index contributed by atoms with van der Waals surface area (Å²) in [7, 11) is 0. The Bertz CT molecular complexity index is 421. The standard InChI is InChI=1S/C13H15NO3/c1-2-17-11-7-3-9(4-8-11)12(15)13(16)14-10-5-6-10/h3-4,7-8,10H,2,5-6H2,1H3,(H,14,16). The van der Waals surface area contributed by atoms with Crippen LogP contribution in [0.1, 0.15) is 30.1 Å². The van der Waals surface area contributed by atoms with E-state index in [1.165, 1.54) is 0 Å². The fraction of sp³-hybridized carbons (Fsp3) is 0.385. The molecule has 1 N–H and O–H groups in total. The van der Waals surface area contributed by atoms with Gasteiger partial charge in [-0.05, 0) is 44.0 Å². The summed E-state index contributed by atoms with van der Waals surface area (Å²) in [6.07, 6.45) is 1.95. The Balaban J connectivity index is 2.00. The molecule has 1 amide bonds. The average molecular weight is 233 g/mol. The van der Waals surface area contributed by atoms with E-state index < -0.39 is 11.7 Å². The first-order valence-electron chi connectivity index (χ1n) is 5.78. The Labute approximate surface area is 100.0 Å². The summed E-state index contributed by atoms with van der Waals surface area (Å²) in [5.41, 5.74) is 0.395. The third kappa shape index (κ3) is 3.06. The first-order valence-corrected chi connectivity index (χ1v) is 5.78. The molecule has 2 rings (SSSR count). The van der Waals surface area contributed by atoms with Crippen LogP contribution in [-0.2, 0) is 4.79 Å². The number of carbonyl (C=O) groups excluding carboxylic acids is 2. The van der Waals surface area contributed by atoms with Crippen molar-refractivity contribution >= 4 is 11.7 Å². The van der Waals surface area contributed by atoms with Gasteiger partial charge in [0.25, 0.3) is 5.91 Å². The molecule has 1 aromatic rings. The maximum Gasteiger partial charge on any atom is 0.292 e. The lowest BCUT2D eigenvalue weighted by molar-refractivity contribution is -0.117. The van der Waals surface area contributed by atoms with E-state index in [1.54, 1.807) is 24.3 Å². The van der Waals surface area contributed by atoms with Gasteiger partial charge in [-0.3, -0.25) is 9.59 Å². The molecule has 0 unspecified atom stereocenters. The van der Waals surface area contributed by atoms with Crippen molar-refractivity contribution in [2.24, 2.45) is 0 Å². The van der Waals surface area contributed by atoms with Gasteiger partial charge in [-0.1, -0.05) is 0 Å². The molecule has 1 aliphatic carbocycles. The van der Waals surface area contributed by atoms with Crippen molar-refractivity contribution in [3.8, 4) is 5.75 Å². The predicted octanol–water partition coefficient (Wildman–Crippen LogP) is 1.55. The molecule has 0 spiro atoms. The first kappa shape index (κ1) is 11.6. The highest BCUT2D eigenvalue weighted by Crippen LogP contribution is 2.19. The van der Waals surface area contributed by atoms with E-state index in [1.807, 2.05) is 6.92 Å². The average Bonchev–Trinajstić information content (AvgIpc) is 3.13. The van der Waals surface area contributed by atoms with Crippen molar-refractivity contribution in [3.05, 3.63) is 29.8 Å². The quantitative estimate of drug-likeness (QED) is 0.620. The molecule has 1 saturated carbocycles. The molecule has 0 heterocycles. The number of carbonyl (C=O) groups is 2. The Morgan fingerprint density at radius 2 is 1.94 bits per heavy atom. The molecule has 0 radical (unpaired) electrons. The van der Waals surface area contributed by atoms with Gasteiger partial charge in [0, 0.05) is 11.6 Å². The Kier molecular flexibility index (Phi) is 3.42. The van der Waals surface area contributed by atoms with Crippen LogP contribution in [0.5, 0.6) is 5.75 Å². The van der Waals surface area contributed by atoms with Crippen LogP contribution in [0.3, 0.4) is 0 Å². The lowest BCUT2D eigenvalue weighted by atomic mass is 10.1. The lowest BCUT2D eigenvalue weighted by Gasteiger charge is -2.04. The number of amides is 1. The van der Waals surface area contributed by atoms with Gasteiger partial charge in [-0.15, -0.1) is 0 Å². The van der Waals surface area contributed by atoms with Crippen LogP contribution < -0.4 is 10.1 Å². The zero-order chi connectivity index (χ0) is 12.3. The van der Waals surface area contributed by atoms with Crippen LogP contribution in [0.15, 0.2) is 24.3 Å². The van der Waals surface area contributed by atoms with E-state index in [0.717, 1.165) is 12.8 Å². The van der Waals surface area contributed by atoms with Crippen LogP contribution in [0.25, 0.3) is 0 Å². The van der Waals surface area contributed by atoms with E-state index in [2.05, 4.69) is 5.32 Å². The molecule has 0 atom stereocenters. The van der Waals surface area contributed by atoms with Crippen LogP contribution in [0.4, 0.5) is 0 Å². The highest BCUT2D eigenvalue weighted by Gasteiger charge is 2.26. The number of ether oxygens (including phenoxy) is 1.